The number of hydrogen-bond donors (Lipinski definition) is 1. The summed E-state index contributed by atoms with van der Waals surface area (Å²) < 4.78 is 12.4. The standard InChI is InChI=1S/C11H14FN/c1-8-3-2-4-9-5-10(6-12)13-7-11(8)9/h2-4,10,13H,5-7H2,1H3. The summed E-state index contributed by atoms with van der Waals surface area (Å²) in [4.78, 5) is 0. The Hall–Kier alpha value is -0.890. The number of halogens is 1. The second kappa shape index (κ2) is 3.46. The van der Waals surface area contributed by atoms with Crippen molar-refractivity contribution in [2.24, 2.45) is 0 Å². The Morgan fingerprint density at radius 3 is 3.15 bits per heavy atom. The molecular formula is C11H14FN. The Kier molecular flexibility index (Phi) is 2.32. The molecule has 0 bridgehead atoms. The smallest absolute Gasteiger partial charge is 0.105 e. The molecule has 0 aliphatic carbocycles. The van der Waals surface area contributed by atoms with Crippen molar-refractivity contribution < 1.29 is 4.39 Å². The van der Waals surface area contributed by atoms with Crippen LogP contribution in [0.1, 0.15) is 16.7 Å². The molecule has 1 nitrogen and oxygen atoms in total. The molecule has 70 valence electrons. The summed E-state index contributed by atoms with van der Waals surface area (Å²) in [6, 6.07) is 6.28. The van der Waals surface area contributed by atoms with E-state index in [0.29, 0.717) is 0 Å². The highest BCUT2D eigenvalue weighted by atomic mass is 19.1. The zero-order valence-corrected chi connectivity index (χ0v) is 7.81. The second-order valence-electron chi connectivity index (χ2n) is 3.65. The fourth-order valence-electron chi connectivity index (χ4n) is 1.90. The molecule has 0 saturated carbocycles. The largest absolute Gasteiger partial charge is 0.307 e. The van der Waals surface area contributed by atoms with Gasteiger partial charge in [0.05, 0.1) is 0 Å². The minimum atomic E-state index is -0.270. The van der Waals surface area contributed by atoms with Crippen molar-refractivity contribution in [2.75, 3.05) is 6.67 Å². The lowest BCUT2D eigenvalue weighted by Gasteiger charge is -2.25. The summed E-state index contributed by atoms with van der Waals surface area (Å²) in [6.45, 7) is 2.65. The minimum absolute atomic E-state index is 0.0225. The van der Waals surface area contributed by atoms with E-state index in [-0.39, 0.29) is 12.7 Å². The van der Waals surface area contributed by atoms with E-state index >= 15 is 0 Å². The normalized spacial score (nSPS) is 21.2. The molecule has 1 N–H and O–H groups in total. The third kappa shape index (κ3) is 1.59. The van der Waals surface area contributed by atoms with E-state index in [1.54, 1.807) is 0 Å². The summed E-state index contributed by atoms with van der Waals surface area (Å²) in [5.41, 5.74) is 3.97. The van der Waals surface area contributed by atoms with Crippen LogP contribution in [0.15, 0.2) is 18.2 Å². The Labute approximate surface area is 78.0 Å². The zero-order valence-electron chi connectivity index (χ0n) is 7.81. The number of nitrogens with one attached hydrogen (secondary N) is 1. The van der Waals surface area contributed by atoms with E-state index < -0.39 is 0 Å². The maximum absolute atomic E-state index is 12.4. The van der Waals surface area contributed by atoms with Crippen molar-refractivity contribution in [3.05, 3.63) is 34.9 Å². The fraction of sp³-hybridized carbons (Fsp3) is 0.455. The molecule has 1 aromatic carbocycles. The van der Waals surface area contributed by atoms with Gasteiger partial charge in [-0.05, 0) is 30.0 Å². The maximum Gasteiger partial charge on any atom is 0.105 e. The van der Waals surface area contributed by atoms with Gasteiger partial charge in [-0.15, -0.1) is 0 Å². The minimum Gasteiger partial charge on any atom is -0.307 e. The Balaban J connectivity index is 2.31. The number of benzene rings is 1. The van der Waals surface area contributed by atoms with Gasteiger partial charge < -0.3 is 5.32 Å². The van der Waals surface area contributed by atoms with E-state index in [9.17, 15) is 4.39 Å². The van der Waals surface area contributed by atoms with Gasteiger partial charge in [0.25, 0.3) is 0 Å². The van der Waals surface area contributed by atoms with Crippen LogP contribution in [0.3, 0.4) is 0 Å². The number of aryl methyl sites for hydroxylation is 1. The summed E-state index contributed by atoms with van der Waals surface area (Å²) in [7, 11) is 0. The molecule has 2 heteroatoms. The molecule has 0 fully saturated rings. The van der Waals surface area contributed by atoms with Crippen molar-refractivity contribution >= 4 is 0 Å². The first-order chi connectivity index (χ1) is 6.31. The number of fused-ring (bicyclic) bond motifs is 1. The van der Waals surface area contributed by atoms with Gasteiger partial charge in [0.1, 0.15) is 6.67 Å². The van der Waals surface area contributed by atoms with Crippen LogP contribution in [0, 0.1) is 6.92 Å². The molecule has 1 heterocycles. The number of hydrogen-bond acceptors (Lipinski definition) is 1. The van der Waals surface area contributed by atoms with Gasteiger partial charge in [0, 0.05) is 12.6 Å². The highest BCUT2D eigenvalue weighted by molar-refractivity contribution is 5.36. The number of alkyl halides is 1. The van der Waals surface area contributed by atoms with Crippen LogP contribution in [0.25, 0.3) is 0 Å². The van der Waals surface area contributed by atoms with Gasteiger partial charge in [0.15, 0.2) is 0 Å². The molecule has 1 aromatic rings. The third-order valence-electron chi connectivity index (χ3n) is 2.73. The van der Waals surface area contributed by atoms with E-state index in [1.165, 1.54) is 16.7 Å². The highest BCUT2D eigenvalue weighted by Crippen LogP contribution is 2.19. The van der Waals surface area contributed by atoms with Crippen molar-refractivity contribution in [1.29, 1.82) is 0 Å². The molecule has 1 atom stereocenters. The van der Waals surface area contributed by atoms with Crippen LogP contribution in [0.4, 0.5) is 4.39 Å². The van der Waals surface area contributed by atoms with Crippen molar-refractivity contribution in [2.45, 2.75) is 25.9 Å². The monoisotopic (exact) mass is 179 g/mol. The van der Waals surface area contributed by atoms with Gasteiger partial charge in [0.2, 0.25) is 0 Å². The van der Waals surface area contributed by atoms with E-state index in [2.05, 4.69) is 30.4 Å². The van der Waals surface area contributed by atoms with Gasteiger partial charge >= 0.3 is 0 Å². The second-order valence-corrected chi connectivity index (χ2v) is 3.65. The lowest BCUT2D eigenvalue weighted by atomic mass is 9.93. The summed E-state index contributed by atoms with van der Waals surface area (Å²) in [5, 5.41) is 3.19. The summed E-state index contributed by atoms with van der Waals surface area (Å²) in [5.74, 6) is 0. The van der Waals surface area contributed by atoms with Crippen LogP contribution < -0.4 is 5.32 Å². The molecule has 0 aromatic heterocycles. The SMILES string of the molecule is Cc1cccc2c1CNC(CF)C2. The van der Waals surface area contributed by atoms with Crippen LogP contribution >= 0.6 is 0 Å². The van der Waals surface area contributed by atoms with Crippen molar-refractivity contribution in [1.82, 2.24) is 5.32 Å². The topological polar surface area (TPSA) is 12.0 Å². The molecule has 1 unspecified atom stereocenters. The predicted octanol–water partition coefficient (Wildman–Crippen LogP) is 1.98. The molecule has 13 heavy (non-hydrogen) atoms. The number of rotatable bonds is 1. The average molecular weight is 179 g/mol. The third-order valence-corrected chi connectivity index (χ3v) is 2.73. The quantitative estimate of drug-likeness (QED) is 0.695. The zero-order chi connectivity index (χ0) is 9.26. The summed E-state index contributed by atoms with van der Waals surface area (Å²) >= 11 is 0. The Bertz CT molecular complexity index is 309. The van der Waals surface area contributed by atoms with Gasteiger partial charge in [-0.1, -0.05) is 18.2 Å². The van der Waals surface area contributed by atoms with E-state index in [1.807, 2.05) is 0 Å². The average Bonchev–Trinajstić information content (AvgIpc) is 2.18. The molecule has 0 radical (unpaired) electrons. The van der Waals surface area contributed by atoms with E-state index in [0.717, 1.165) is 13.0 Å². The van der Waals surface area contributed by atoms with Gasteiger partial charge in [-0.3, -0.25) is 0 Å². The van der Waals surface area contributed by atoms with Crippen LogP contribution in [0.5, 0.6) is 0 Å². The first kappa shape index (κ1) is 8.70. The van der Waals surface area contributed by atoms with Crippen LogP contribution in [-0.4, -0.2) is 12.7 Å². The Morgan fingerprint density at radius 2 is 2.38 bits per heavy atom. The van der Waals surface area contributed by atoms with Crippen LogP contribution in [-0.2, 0) is 13.0 Å². The van der Waals surface area contributed by atoms with Crippen LogP contribution in [0.2, 0.25) is 0 Å². The van der Waals surface area contributed by atoms with Gasteiger partial charge in [-0.2, -0.15) is 0 Å². The maximum atomic E-state index is 12.4. The molecule has 2 rings (SSSR count). The highest BCUT2D eigenvalue weighted by Gasteiger charge is 2.18. The van der Waals surface area contributed by atoms with Crippen molar-refractivity contribution in [3.8, 4) is 0 Å². The Morgan fingerprint density at radius 1 is 1.54 bits per heavy atom. The lowest BCUT2D eigenvalue weighted by molar-refractivity contribution is 0.358. The van der Waals surface area contributed by atoms with Gasteiger partial charge in [-0.25, -0.2) is 4.39 Å². The van der Waals surface area contributed by atoms with E-state index in [4.69, 9.17) is 0 Å². The molecule has 0 spiro atoms. The molecule has 1 aliphatic rings. The molecule has 0 amide bonds. The lowest BCUT2D eigenvalue weighted by Crippen LogP contribution is -2.37. The fourth-order valence-corrected chi connectivity index (χ4v) is 1.90. The summed E-state index contributed by atoms with van der Waals surface area (Å²) in [6.07, 6.45) is 0.827. The molecule has 1 aliphatic heterocycles. The first-order valence-corrected chi connectivity index (χ1v) is 4.68. The first-order valence-electron chi connectivity index (χ1n) is 4.68. The predicted molar refractivity (Wildman–Crippen MR) is 51.5 cm³/mol. The molecular weight excluding hydrogens is 165 g/mol. The molecule has 0 saturated heterocycles. The van der Waals surface area contributed by atoms with Crippen molar-refractivity contribution in [3.63, 3.8) is 0 Å².